The van der Waals surface area contributed by atoms with E-state index in [2.05, 4.69) is 47.1 Å². The third-order valence-electron chi connectivity index (χ3n) is 12.4. The number of hydrogen-bond acceptors (Lipinski definition) is 12. The Hall–Kier alpha value is -8.29. The first-order chi connectivity index (χ1) is 33.1. The average Bonchev–Trinajstić information content (AvgIpc) is 3.75. The van der Waals surface area contributed by atoms with Crippen molar-refractivity contribution >= 4 is 39.2 Å². The van der Waals surface area contributed by atoms with Gasteiger partial charge in [0.1, 0.15) is 46.9 Å². The molecule has 3 atom stereocenters. The number of anilines is 2. The van der Waals surface area contributed by atoms with Crippen LogP contribution in [0, 0.1) is 30.2 Å². The van der Waals surface area contributed by atoms with Crippen molar-refractivity contribution in [3.05, 3.63) is 164 Å². The zero-order valence-corrected chi connectivity index (χ0v) is 37.9. The quantitative estimate of drug-likeness (QED) is 0.109. The number of halogens is 4. The molecule has 2 aliphatic heterocycles. The molecular weight excluding hydrogens is 897 g/mol. The van der Waals surface area contributed by atoms with Gasteiger partial charge in [-0.1, -0.05) is 38.6 Å². The zero-order valence-electron chi connectivity index (χ0n) is 37.9. The molecule has 1 unspecified atom stereocenters. The van der Waals surface area contributed by atoms with E-state index < -0.39 is 57.7 Å². The number of phenolic OH excluding ortho intramolecular Hbond substituents is 1. The van der Waals surface area contributed by atoms with Crippen molar-refractivity contribution in [2.45, 2.75) is 51.6 Å². The summed E-state index contributed by atoms with van der Waals surface area (Å²) < 4.78 is 61.2. The zero-order chi connectivity index (χ0) is 49.0. The number of aromatic hydroxyl groups is 1. The fourth-order valence-corrected chi connectivity index (χ4v) is 9.18. The van der Waals surface area contributed by atoms with Crippen molar-refractivity contribution in [1.29, 1.82) is 0 Å². The average molecular weight is 941 g/mol. The minimum absolute atomic E-state index is 0.0360. The van der Waals surface area contributed by atoms with Gasteiger partial charge in [-0.25, -0.2) is 42.0 Å². The first kappa shape index (κ1) is 45.8. The summed E-state index contributed by atoms with van der Waals surface area (Å²) in [5.74, 6) is -3.06. The summed E-state index contributed by atoms with van der Waals surface area (Å²) >= 11 is 0. The topological polar surface area (TPSA) is 193 Å². The van der Waals surface area contributed by atoms with E-state index in [1.54, 1.807) is 41.0 Å². The highest BCUT2D eigenvalue weighted by Crippen LogP contribution is 2.46. The maximum atomic E-state index is 15.8. The molecule has 16 nitrogen and oxygen atoms in total. The number of H-pyrrole nitrogens is 1. The van der Waals surface area contributed by atoms with Crippen molar-refractivity contribution in [3.8, 4) is 22.7 Å². The Balaban J connectivity index is 0.000000184. The lowest BCUT2D eigenvalue weighted by molar-refractivity contribution is -0.126. The van der Waals surface area contributed by atoms with Crippen LogP contribution in [0.25, 0.3) is 38.8 Å². The fraction of sp³-hybridized carbons (Fsp3) is 0.245. The summed E-state index contributed by atoms with van der Waals surface area (Å²) in [6.45, 7) is 12.1. The molecule has 7 heterocycles. The van der Waals surface area contributed by atoms with Crippen LogP contribution in [0.3, 0.4) is 0 Å². The molecule has 1 saturated heterocycles. The Morgan fingerprint density at radius 2 is 1.71 bits per heavy atom. The molecule has 20 heteroatoms. The van der Waals surface area contributed by atoms with E-state index in [0.717, 1.165) is 17.7 Å². The molecule has 1 amide bonds. The molecule has 69 heavy (non-hydrogen) atoms. The van der Waals surface area contributed by atoms with Gasteiger partial charge in [-0.3, -0.25) is 19.3 Å². The van der Waals surface area contributed by atoms with E-state index in [9.17, 15) is 32.7 Å². The van der Waals surface area contributed by atoms with E-state index in [-0.39, 0.29) is 45.9 Å². The Kier molecular flexibility index (Phi) is 12.0. The van der Waals surface area contributed by atoms with Gasteiger partial charge in [0.05, 0.1) is 45.4 Å². The number of rotatable bonds is 7. The van der Waals surface area contributed by atoms with Crippen molar-refractivity contribution in [2.75, 3.05) is 29.9 Å². The molecule has 8 aromatic rings. The number of hydrogen-bond donors (Lipinski definition) is 3. The summed E-state index contributed by atoms with van der Waals surface area (Å²) in [6, 6.07) is 14.4. The molecule has 0 spiro atoms. The monoisotopic (exact) mass is 940 g/mol. The van der Waals surface area contributed by atoms with E-state index in [4.69, 9.17) is 0 Å². The molecule has 10 rings (SSSR count). The van der Waals surface area contributed by atoms with Crippen LogP contribution in [0.15, 0.2) is 101 Å². The van der Waals surface area contributed by atoms with Crippen LogP contribution >= 0.6 is 0 Å². The standard InChI is InChI=1S/C30H30F2N6O3.C19H14F2N6O/c1-6-23(40)36-12-13-37(18(5)15-36)28-19-14-21(32)26(24-20(31)8-7-9-22(24)39)34-29(19)38(30(41)35-28)27-17(4)10-11-33-25(27)16(2)3;1-27-18(22-8-23-27)15-16(9-2-4-10(20)5-3-9)24-13-7-11(21)6-12-14(13)17(15)25-26-19(12)28/h6-11,14,16,18,39H,1,12-13,15H2,2-5H3;2-8,15-16,24H,1H3,(H,26,28)/t;15-,16-/m.1/s1. The Morgan fingerprint density at radius 1 is 0.942 bits per heavy atom. The summed E-state index contributed by atoms with van der Waals surface area (Å²) in [5, 5.41) is 25.6. The second kappa shape index (κ2) is 18.1. The Morgan fingerprint density at radius 3 is 2.39 bits per heavy atom. The maximum Gasteiger partial charge on any atom is 0.355 e. The number of aromatic amines is 1. The van der Waals surface area contributed by atoms with Gasteiger partial charge < -0.3 is 20.2 Å². The number of aromatic nitrogens is 9. The smallest absolute Gasteiger partial charge is 0.355 e. The molecule has 0 bridgehead atoms. The molecule has 5 aromatic heterocycles. The number of carbonyl (C=O) groups is 1. The van der Waals surface area contributed by atoms with Crippen LogP contribution < -0.4 is 21.5 Å². The number of nitrogens with one attached hydrogen (secondary N) is 2. The second-order valence-electron chi connectivity index (χ2n) is 17.1. The van der Waals surface area contributed by atoms with E-state index >= 15 is 4.39 Å². The van der Waals surface area contributed by atoms with Crippen molar-refractivity contribution in [2.24, 2.45) is 7.05 Å². The summed E-state index contributed by atoms with van der Waals surface area (Å²) in [4.78, 5) is 59.6. The van der Waals surface area contributed by atoms with Gasteiger partial charge in [0.15, 0.2) is 11.5 Å². The lowest BCUT2D eigenvalue weighted by Gasteiger charge is -2.40. The van der Waals surface area contributed by atoms with Crippen LogP contribution in [-0.4, -0.2) is 86.1 Å². The van der Waals surface area contributed by atoms with Crippen LogP contribution in [0.4, 0.5) is 29.1 Å². The minimum Gasteiger partial charge on any atom is -0.507 e. The van der Waals surface area contributed by atoms with Gasteiger partial charge in [-0.15, -0.1) is 0 Å². The third-order valence-corrected chi connectivity index (χ3v) is 12.4. The minimum atomic E-state index is -0.897. The SMILES string of the molecule is C=CC(=O)N1CCN(c2nc(=O)n(-c3c(C)ccnc3C(C)C)c3nc(-c4c(O)cccc4F)c(F)cc23)C(C)C1.Cn1ncnc1[C@H]1c2n[nH]c(=O)c3cc(F)cc(c23)N[C@@H]1c1ccc(F)cc1. The lowest BCUT2D eigenvalue weighted by Crippen LogP contribution is -2.54. The molecule has 0 aliphatic carbocycles. The number of aryl methyl sites for hydroxylation is 2. The van der Waals surface area contributed by atoms with Gasteiger partial charge in [0.25, 0.3) is 5.56 Å². The predicted molar refractivity (Wildman–Crippen MR) is 250 cm³/mol. The maximum absolute atomic E-state index is 15.8. The number of phenols is 1. The van der Waals surface area contributed by atoms with Gasteiger partial charge in [0.2, 0.25) is 5.91 Å². The van der Waals surface area contributed by atoms with E-state index in [1.165, 1.54) is 53.4 Å². The highest BCUT2D eigenvalue weighted by Gasteiger charge is 2.38. The summed E-state index contributed by atoms with van der Waals surface area (Å²) in [5.41, 5.74) is 1.57. The van der Waals surface area contributed by atoms with Gasteiger partial charge in [0, 0.05) is 50.0 Å². The molecule has 2 aliphatic rings. The largest absolute Gasteiger partial charge is 0.507 e. The highest BCUT2D eigenvalue weighted by atomic mass is 19.1. The number of fused-ring (bicyclic) bond motifs is 1. The number of pyridine rings is 2. The molecule has 3 N–H and O–H groups in total. The Bertz CT molecular complexity index is 3450. The molecule has 0 saturated carbocycles. The van der Waals surface area contributed by atoms with Crippen molar-refractivity contribution < 1.29 is 27.5 Å². The number of benzene rings is 3. The summed E-state index contributed by atoms with van der Waals surface area (Å²) in [7, 11) is 1.76. The number of amides is 1. The van der Waals surface area contributed by atoms with Crippen LogP contribution in [0.1, 0.15) is 67.0 Å². The first-order valence-electron chi connectivity index (χ1n) is 21.9. The molecule has 0 radical (unpaired) electrons. The van der Waals surface area contributed by atoms with Crippen LogP contribution in [0.2, 0.25) is 0 Å². The predicted octanol–water partition coefficient (Wildman–Crippen LogP) is 7.11. The molecule has 3 aromatic carbocycles. The number of nitrogens with zero attached hydrogens (tertiary/aromatic N) is 10. The van der Waals surface area contributed by atoms with Crippen LogP contribution in [-0.2, 0) is 11.8 Å². The third kappa shape index (κ3) is 8.20. The molecule has 1 fully saturated rings. The van der Waals surface area contributed by atoms with Crippen LogP contribution in [0.5, 0.6) is 5.75 Å². The lowest BCUT2D eigenvalue weighted by atomic mass is 9.83. The molecular formula is C49H44F4N12O4. The summed E-state index contributed by atoms with van der Waals surface area (Å²) in [6.07, 6.45) is 4.32. The number of carbonyl (C=O) groups excluding carboxylic acids is 1. The van der Waals surface area contributed by atoms with Gasteiger partial charge >= 0.3 is 5.69 Å². The van der Waals surface area contributed by atoms with E-state index in [1.807, 2.05) is 32.6 Å². The van der Waals surface area contributed by atoms with Gasteiger partial charge in [-0.2, -0.15) is 15.2 Å². The normalized spacial score (nSPS) is 16.6. The number of piperazine rings is 1. The van der Waals surface area contributed by atoms with E-state index in [0.29, 0.717) is 59.2 Å². The van der Waals surface area contributed by atoms with Crippen molar-refractivity contribution in [3.63, 3.8) is 0 Å². The second-order valence-corrected chi connectivity index (χ2v) is 17.1. The molecule has 352 valence electrons. The van der Waals surface area contributed by atoms with Gasteiger partial charge in [-0.05, 0) is 85.5 Å². The first-order valence-corrected chi connectivity index (χ1v) is 21.9. The fourth-order valence-electron chi connectivity index (χ4n) is 9.18. The highest BCUT2D eigenvalue weighted by molar-refractivity contribution is 5.97. The van der Waals surface area contributed by atoms with Crippen molar-refractivity contribution in [1.82, 2.24) is 49.4 Å². The Labute approximate surface area is 390 Å².